The van der Waals surface area contributed by atoms with Gasteiger partial charge in [0, 0.05) is 5.69 Å². The van der Waals surface area contributed by atoms with E-state index in [1.54, 1.807) is 26.0 Å². The third-order valence-electron chi connectivity index (χ3n) is 2.45. The lowest BCUT2D eigenvalue weighted by Crippen LogP contribution is -2.12. The number of aromatic hydroxyl groups is 1. The van der Waals surface area contributed by atoms with Crippen LogP contribution < -0.4 is 5.32 Å². The molecule has 0 unspecified atom stereocenters. The summed E-state index contributed by atoms with van der Waals surface area (Å²) in [7, 11) is 0. The van der Waals surface area contributed by atoms with Crippen molar-refractivity contribution in [2.45, 2.75) is 13.8 Å². The Hall–Kier alpha value is -2.30. The van der Waals surface area contributed by atoms with Gasteiger partial charge in [-0.25, -0.2) is 0 Å². The van der Waals surface area contributed by atoms with Gasteiger partial charge >= 0.3 is 0 Å². The van der Waals surface area contributed by atoms with Crippen molar-refractivity contribution in [1.82, 2.24) is 5.16 Å². The lowest BCUT2D eigenvalue weighted by molar-refractivity contribution is 0.102. The number of rotatable bonds is 2. The monoisotopic (exact) mass is 232 g/mol. The Morgan fingerprint density at radius 2 is 2.18 bits per heavy atom. The van der Waals surface area contributed by atoms with Crippen LogP contribution in [0.3, 0.4) is 0 Å². The van der Waals surface area contributed by atoms with Crippen LogP contribution in [0.15, 0.2) is 28.9 Å². The minimum absolute atomic E-state index is 0.168. The van der Waals surface area contributed by atoms with Crippen molar-refractivity contribution in [1.29, 1.82) is 0 Å². The highest BCUT2D eigenvalue weighted by atomic mass is 16.5. The molecule has 1 aromatic carbocycles. The second-order valence-corrected chi connectivity index (χ2v) is 3.75. The molecule has 0 aliphatic rings. The number of anilines is 1. The van der Waals surface area contributed by atoms with Gasteiger partial charge in [-0.2, -0.15) is 0 Å². The first-order valence-corrected chi connectivity index (χ1v) is 5.10. The van der Waals surface area contributed by atoms with Crippen LogP contribution in [-0.2, 0) is 0 Å². The van der Waals surface area contributed by atoms with E-state index in [2.05, 4.69) is 10.5 Å². The molecule has 2 N–H and O–H groups in total. The topological polar surface area (TPSA) is 75.4 Å². The number of carbonyl (C=O) groups is 1. The lowest BCUT2D eigenvalue weighted by Gasteiger charge is -2.07. The summed E-state index contributed by atoms with van der Waals surface area (Å²) in [6.07, 6.45) is 1.38. The Morgan fingerprint density at radius 1 is 1.41 bits per heavy atom. The van der Waals surface area contributed by atoms with Gasteiger partial charge in [0.1, 0.15) is 17.1 Å². The minimum atomic E-state index is -0.280. The van der Waals surface area contributed by atoms with Crippen LogP contribution in [0.1, 0.15) is 21.7 Å². The number of aromatic nitrogens is 1. The molecule has 0 spiro atoms. The molecule has 1 aromatic heterocycles. The Morgan fingerprint density at radius 3 is 2.76 bits per heavy atom. The fourth-order valence-electron chi connectivity index (χ4n) is 1.49. The zero-order chi connectivity index (χ0) is 12.4. The highest BCUT2D eigenvalue weighted by Crippen LogP contribution is 2.21. The number of hydrogen-bond donors (Lipinski definition) is 2. The molecule has 2 rings (SSSR count). The van der Waals surface area contributed by atoms with Crippen molar-refractivity contribution in [2.24, 2.45) is 0 Å². The van der Waals surface area contributed by atoms with Gasteiger partial charge in [0.25, 0.3) is 5.91 Å². The lowest BCUT2D eigenvalue weighted by atomic mass is 10.1. The van der Waals surface area contributed by atoms with E-state index in [0.29, 0.717) is 17.0 Å². The Labute approximate surface area is 98.1 Å². The molecule has 1 heterocycles. The molecular weight excluding hydrogens is 220 g/mol. The summed E-state index contributed by atoms with van der Waals surface area (Å²) in [4.78, 5) is 11.9. The molecule has 0 aliphatic carbocycles. The third kappa shape index (κ3) is 2.28. The van der Waals surface area contributed by atoms with E-state index in [1.807, 2.05) is 0 Å². The molecule has 0 bridgehead atoms. The van der Waals surface area contributed by atoms with E-state index in [1.165, 1.54) is 12.3 Å². The summed E-state index contributed by atoms with van der Waals surface area (Å²) in [5, 5.41) is 15.5. The number of aryl methyl sites for hydroxylation is 2. The highest BCUT2D eigenvalue weighted by molar-refractivity contribution is 6.05. The molecule has 5 heteroatoms. The van der Waals surface area contributed by atoms with Gasteiger partial charge in [-0.15, -0.1) is 0 Å². The predicted octanol–water partition coefficient (Wildman–Crippen LogP) is 2.25. The molecule has 0 aliphatic heterocycles. The van der Waals surface area contributed by atoms with Crippen molar-refractivity contribution >= 4 is 11.6 Å². The summed E-state index contributed by atoms with van der Waals surface area (Å²) in [5.74, 6) is 0.359. The average molecular weight is 232 g/mol. The molecule has 0 radical (unpaired) electrons. The van der Waals surface area contributed by atoms with Crippen LogP contribution in [0.4, 0.5) is 5.69 Å². The van der Waals surface area contributed by atoms with Gasteiger partial charge < -0.3 is 14.9 Å². The number of phenols is 1. The molecule has 0 saturated heterocycles. The van der Waals surface area contributed by atoms with Crippen LogP contribution in [0, 0.1) is 13.8 Å². The van der Waals surface area contributed by atoms with Gasteiger partial charge in [0.05, 0.1) is 6.20 Å². The first-order chi connectivity index (χ1) is 8.08. The van der Waals surface area contributed by atoms with Crippen LogP contribution in [0.2, 0.25) is 0 Å². The van der Waals surface area contributed by atoms with Gasteiger partial charge in [-0.05, 0) is 37.6 Å². The van der Waals surface area contributed by atoms with Crippen molar-refractivity contribution in [3.63, 3.8) is 0 Å². The molecule has 0 saturated carbocycles. The van der Waals surface area contributed by atoms with E-state index < -0.39 is 0 Å². The van der Waals surface area contributed by atoms with E-state index in [9.17, 15) is 9.90 Å². The second-order valence-electron chi connectivity index (χ2n) is 3.75. The second kappa shape index (κ2) is 4.29. The average Bonchev–Trinajstić information content (AvgIpc) is 2.68. The van der Waals surface area contributed by atoms with Crippen LogP contribution in [0.5, 0.6) is 5.75 Å². The number of nitrogens with zero attached hydrogens (tertiary/aromatic N) is 1. The van der Waals surface area contributed by atoms with Crippen LogP contribution in [-0.4, -0.2) is 16.2 Å². The maximum absolute atomic E-state index is 11.9. The summed E-state index contributed by atoms with van der Waals surface area (Å²) in [6.45, 7) is 3.47. The quantitative estimate of drug-likeness (QED) is 0.778. The van der Waals surface area contributed by atoms with Gasteiger partial charge in [0.2, 0.25) is 0 Å². The molecule has 0 atom stereocenters. The number of benzene rings is 1. The molecule has 88 valence electrons. The number of phenolic OH excluding ortho intramolecular Hbond substituents is 1. The third-order valence-corrected chi connectivity index (χ3v) is 2.45. The summed E-state index contributed by atoms with van der Waals surface area (Å²) < 4.78 is 4.82. The van der Waals surface area contributed by atoms with Crippen molar-refractivity contribution in [2.75, 3.05) is 5.32 Å². The fourth-order valence-corrected chi connectivity index (χ4v) is 1.49. The number of nitrogens with one attached hydrogen (secondary N) is 1. The van der Waals surface area contributed by atoms with Crippen molar-refractivity contribution in [3.05, 3.63) is 41.3 Å². The normalized spacial score (nSPS) is 10.2. The highest BCUT2D eigenvalue weighted by Gasteiger charge is 2.13. The van der Waals surface area contributed by atoms with E-state index >= 15 is 0 Å². The summed E-state index contributed by atoms with van der Waals surface area (Å²) in [6, 6.07) is 4.74. The zero-order valence-electron chi connectivity index (χ0n) is 9.52. The number of hydrogen-bond acceptors (Lipinski definition) is 4. The van der Waals surface area contributed by atoms with Gasteiger partial charge in [-0.3, -0.25) is 4.79 Å². The maximum Gasteiger partial charge on any atom is 0.260 e. The standard InChI is InChI=1S/C12H12N2O3/c1-7-5-9(15)3-4-11(7)14-12(16)10-6-13-17-8(10)2/h3-6,15H,1-2H3,(H,14,16). The molecule has 1 amide bonds. The van der Waals surface area contributed by atoms with E-state index in [4.69, 9.17) is 4.52 Å². The van der Waals surface area contributed by atoms with Crippen molar-refractivity contribution < 1.29 is 14.4 Å². The molecule has 5 nitrogen and oxygen atoms in total. The Balaban J connectivity index is 2.22. The Kier molecular flexibility index (Phi) is 2.82. The van der Waals surface area contributed by atoms with Gasteiger partial charge in [-0.1, -0.05) is 5.16 Å². The molecular formula is C12H12N2O3. The largest absolute Gasteiger partial charge is 0.508 e. The molecule has 0 fully saturated rings. The Bertz CT molecular complexity index is 561. The molecule has 17 heavy (non-hydrogen) atoms. The maximum atomic E-state index is 11.9. The first-order valence-electron chi connectivity index (χ1n) is 5.10. The summed E-state index contributed by atoms with van der Waals surface area (Å²) >= 11 is 0. The van der Waals surface area contributed by atoms with E-state index in [-0.39, 0.29) is 11.7 Å². The minimum Gasteiger partial charge on any atom is -0.508 e. The fraction of sp³-hybridized carbons (Fsp3) is 0.167. The van der Waals surface area contributed by atoms with Crippen LogP contribution >= 0.6 is 0 Å². The van der Waals surface area contributed by atoms with Gasteiger partial charge in [0.15, 0.2) is 0 Å². The van der Waals surface area contributed by atoms with E-state index in [0.717, 1.165) is 5.56 Å². The summed E-state index contributed by atoms with van der Waals surface area (Å²) in [5.41, 5.74) is 1.83. The smallest absolute Gasteiger partial charge is 0.260 e. The predicted molar refractivity (Wildman–Crippen MR) is 62.0 cm³/mol. The number of amides is 1. The first kappa shape index (κ1) is 11.2. The SMILES string of the molecule is Cc1cc(O)ccc1NC(=O)c1cnoc1C. The van der Waals surface area contributed by atoms with Crippen LogP contribution in [0.25, 0.3) is 0 Å². The number of carbonyl (C=O) groups excluding carboxylic acids is 1. The molecule has 2 aromatic rings. The zero-order valence-corrected chi connectivity index (χ0v) is 9.52. The van der Waals surface area contributed by atoms with Crippen molar-refractivity contribution in [3.8, 4) is 5.75 Å².